The van der Waals surface area contributed by atoms with Crippen LogP contribution < -0.4 is 5.32 Å². The Hall–Kier alpha value is -2.56. The molecule has 3 aromatic rings. The highest BCUT2D eigenvalue weighted by Gasteiger charge is 2.23. The molecule has 8 heteroatoms. The molecule has 6 nitrogen and oxygen atoms in total. The van der Waals surface area contributed by atoms with Crippen molar-refractivity contribution in [3.63, 3.8) is 0 Å². The molecule has 0 bridgehead atoms. The van der Waals surface area contributed by atoms with Crippen molar-refractivity contribution in [2.75, 3.05) is 5.75 Å². The lowest BCUT2D eigenvalue weighted by atomic mass is 10.0. The summed E-state index contributed by atoms with van der Waals surface area (Å²) in [5, 5.41) is 17.3. The average Bonchev–Trinajstić information content (AvgIpc) is 3.11. The van der Waals surface area contributed by atoms with Gasteiger partial charge in [0.2, 0.25) is 5.91 Å². The van der Waals surface area contributed by atoms with Crippen molar-refractivity contribution >= 4 is 34.9 Å². The maximum absolute atomic E-state index is 12.7. The van der Waals surface area contributed by atoms with Gasteiger partial charge in [-0.1, -0.05) is 11.6 Å². The lowest BCUT2D eigenvalue weighted by Crippen LogP contribution is -2.31. The van der Waals surface area contributed by atoms with E-state index in [0.29, 0.717) is 29.1 Å². The Morgan fingerprint density at radius 2 is 2.28 bits per heavy atom. The molecule has 0 aliphatic carbocycles. The van der Waals surface area contributed by atoms with Crippen LogP contribution in [0.25, 0.3) is 5.65 Å². The number of nitrogens with one attached hydrogen (secondary N) is 1. The van der Waals surface area contributed by atoms with E-state index in [-0.39, 0.29) is 11.9 Å². The van der Waals surface area contributed by atoms with E-state index in [1.54, 1.807) is 16.3 Å². The van der Waals surface area contributed by atoms with E-state index in [9.17, 15) is 10.1 Å². The topological polar surface area (TPSA) is 83.1 Å². The van der Waals surface area contributed by atoms with Crippen molar-refractivity contribution in [2.24, 2.45) is 0 Å². The molecule has 1 aliphatic heterocycles. The maximum Gasteiger partial charge on any atom is 0.220 e. The summed E-state index contributed by atoms with van der Waals surface area (Å²) in [5.41, 5.74) is 4.83. The van der Waals surface area contributed by atoms with Crippen LogP contribution in [0.2, 0.25) is 5.02 Å². The number of nitrogens with zero attached hydrogens (tertiary/aromatic N) is 4. The third-order valence-electron chi connectivity index (χ3n) is 5.28. The van der Waals surface area contributed by atoms with E-state index in [4.69, 9.17) is 11.6 Å². The number of hydrogen-bond donors (Lipinski definition) is 1. The second-order valence-corrected chi connectivity index (χ2v) is 8.68. The van der Waals surface area contributed by atoms with E-state index in [1.165, 1.54) is 11.1 Å². The number of amides is 1. The predicted molar refractivity (Wildman–Crippen MR) is 113 cm³/mol. The quantitative estimate of drug-likeness (QED) is 0.678. The number of fused-ring (bicyclic) bond motifs is 2. The SMILES string of the molecule is Cc1nc2c(C#N)cnn2c(C)c1CCC(=O)N[C@@H]1CCSc2ccc(Cl)cc21. The number of carbonyl (C=O) groups excluding carboxylic acids is 1. The Labute approximate surface area is 178 Å². The first-order valence-corrected chi connectivity index (χ1v) is 10.8. The zero-order chi connectivity index (χ0) is 20.5. The molecule has 0 fully saturated rings. The van der Waals surface area contributed by atoms with Crippen molar-refractivity contribution in [3.05, 3.63) is 57.5 Å². The number of thioether (sulfide) groups is 1. The number of halogens is 1. The van der Waals surface area contributed by atoms with Crippen LogP contribution in [0.15, 0.2) is 29.3 Å². The van der Waals surface area contributed by atoms with Crippen LogP contribution in [0.1, 0.15) is 47.0 Å². The van der Waals surface area contributed by atoms with Crippen LogP contribution in [0.3, 0.4) is 0 Å². The molecular weight excluding hydrogens is 406 g/mol. The molecular formula is C21H20ClN5OS. The zero-order valence-electron chi connectivity index (χ0n) is 16.2. The normalized spacial score (nSPS) is 15.7. The highest BCUT2D eigenvalue weighted by Crippen LogP contribution is 2.37. The minimum atomic E-state index is -0.00967. The zero-order valence-corrected chi connectivity index (χ0v) is 17.8. The number of hydrogen-bond acceptors (Lipinski definition) is 5. The fraction of sp³-hybridized carbons (Fsp3) is 0.333. The fourth-order valence-electron chi connectivity index (χ4n) is 3.77. The molecule has 0 saturated heterocycles. The smallest absolute Gasteiger partial charge is 0.220 e. The highest BCUT2D eigenvalue weighted by atomic mass is 35.5. The predicted octanol–water partition coefficient (Wildman–Crippen LogP) is 4.16. The second kappa shape index (κ2) is 8.05. The Morgan fingerprint density at radius 3 is 3.07 bits per heavy atom. The molecule has 1 aliphatic rings. The number of aryl methyl sites for hydroxylation is 2. The van der Waals surface area contributed by atoms with E-state index in [2.05, 4.69) is 21.5 Å². The molecule has 0 unspecified atom stereocenters. The Morgan fingerprint density at radius 1 is 1.45 bits per heavy atom. The molecule has 148 valence electrons. The number of benzene rings is 1. The summed E-state index contributed by atoms with van der Waals surface area (Å²) in [4.78, 5) is 18.4. The molecule has 1 atom stereocenters. The van der Waals surface area contributed by atoms with Gasteiger partial charge in [0.05, 0.1) is 12.2 Å². The lowest BCUT2D eigenvalue weighted by molar-refractivity contribution is -0.121. The van der Waals surface area contributed by atoms with E-state index in [0.717, 1.165) is 34.7 Å². The van der Waals surface area contributed by atoms with Crippen molar-refractivity contribution in [3.8, 4) is 6.07 Å². The van der Waals surface area contributed by atoms with Crippen molar-refractivity contribution in [1.82, 2.24) is 19.9 Å². The van der Waals surface area contributed by atoms with Crippen LogP contribution in [0.5, 0.6) is 0 Å². The molecule has 29 heavy (non-hydrogen) atoms. The van der Waals surface area contributed by atoms with Gasteiger partial charge in [0, 0.05) is 33.5 Å². The molecule has 2 aromatic heterocycles. The maximum atomic E-state index is 12.7. The number of nitriles is 1. The van der Waals surface area contributed by atoms with Gasteiger partial charge in [-0.15, -0.1) is 11.8 Å². The van der Waals surface area contributed by atoms with Crippen molar-refractivity contribution in [1.29, 1.82) is 5.26 Å². The summed E-state index contributed by atoms with van der Waals surface area (Å²) in [6.07, 6.45) is 3.34. The number of rotatable bonds is 4. The molecule has 1 N–H and O–H groups in total. The first kappa shape index (κ1) is 19.7. The van der Waals surface area contributed by atoms with Gasteiger partial charge in [-0.2, -0.15) is 10.4 Å². The summed E-state index contributed by atoms with van der Waals surface area (Å²) in [6.45, 7) is 3.85. The first-order valence-electron chi connectivity index (χ1n) is 9.43. The summed E-state index contributed by atoms with van der Waals surface area (Å²) >= 11 is 7.95. The van der Waals surface area contributed by atoms with Gasteiger partial charge in [0.1, 0.15) is 11.6 Å². The Kier molecular flexibility index (Phi) is 5.48. The number of carbonyl (C=O) groups is 1. The molecule has 0 saturated carbocycles. The number of aromatic nitrogens is 3. The highest BCUT2D eigenvalue weighted by molar-refractivity contribution is 7.99. The van der Waals surface area contributed by atoms with Gasteiger partial charge in [-0.3, -0.25) is 4.79 Å². The van der Waals surface area contributed by atoms with E-state index in [1.807, 2.05) is 32.0 Å². The van der Waals surface area contributed by atoms with Crippen molar-refractivity contribution < 1.29 is 4.79 Å². The largest absolute Gasteiger partial charge is 0.349 e. The monoisotopic (exact) mass is 425 g/mol. The van der Waals surface area contributed by atoms with Gasteiger partial charge >= 0.3 is 0 Å². The molecule has 1 aromatic carbocycles. The van der Waals surface area contributed by atoms with Crippen LogP contribution >= 0.6 is 23.4 Å². The van der Waals surface area contributed by atoms with Gasteiger partial charge in [-0.25, -0.2) is 9.50 Å². The third-order valence-corrected chi connectivity index (χ3v) is 6.64. The minimum absolute atomic E-state index is 0.00454. The lowest BCUT2D eigenvalue weighted by Gasteiger charge is -2.26. The third kappa shape index (κ3) is 3.83. The summed E-state index contributed by atoms with van der Waals surface area (Å²) < 4.78 is 1.68. The molecule has 0 radical (unpaired) electrons. The average molecular weight is 426 g/mol. The van der Waals surface area contributed by atoms with E-state index < -0.39 is 0 Å². The standard InChI is InChI=1S/C21H20ClN5OS/c1-12-16(13(2)27-21(25-12)14(10-23)11-24-27)4-6-20(28)26-18-7-8-29-19-5-3-15(22)9-17(18)19/h3,5,9,11,18H,4,6-8H2,1-2H3,(H,26,28)/t18-/m1/s1. The molecule has 1 amide bonds. The van der Waals surface area contributed by atoms with Crippen LogP contribution in [0, 0.1) is 25.2 Å². The molecule has 3 heterocycles. The fourth-order valence-corrected chi connectivity index (χ4v) is 5.06. The van der Waals surface area contributed by atoms with Gasteiger partial charge in [-0.05, 0) is 56.0 Å². The van der Waals surface area contributed by atoms with E-state index >= 15 is 0 Å². The minimum Gasteiger partial charge on any atom is -0.349 e. The van der Waals surface area contributed by atoms with Crippen LogP contribution in [-0.4, -0.2) is 26.3 Å². The summed E-state index contributed by atoms with van der Waals surface area (Å²) in [7, 11) is 0. The first-order chi connectivity index (χ1) is 14.0. The van der Waals surface area contributed by atoms with Crippen LogP contribution in [-0.2, 0) is 11.2 Å². The van der Waals surface area contributed by atoms with Gasteiger partial charge in [0.25, 0.3) is 0 Å². The van der Waals surface area contributed by atoms with Crippen LogP contribution in [0.4, 0.5) is 0 Å². The van der Waals surface area contributed by atoms with Gasteiger partial charge in [0.15, 0.2) is 5.65 Å². The second-order valence-electron chi connectivity index (χ2n) is 7.11. The molecule has 0 spiro atoms. The summed E-state index contributed by atoms with van der Waals surface area (Å²) in [5.74, 6) is 0.976. The molecule has 4 rings (SSSR count). The van der Waals surface area contributed by atoms with Gasteiger partial charge < -0.3 is 5.32 Å². The van der Waals surface area contributed by atoms with Crippen molar-refractivity contribution in [2.45, 2.75) is 44.0 Å². The summed E-state index contributed by atoms with van der Waals surface area (Å²) in [6, 6.07) is 7.96. The Balaban J connectivity index is 1.49. The Bertz CT molecular complexity index is 1150.